The van der Waals surface area contributed by atoms with Crippen LogP contribution in [0.25, 0.3) is 0 Å². The zero-order valence-corrected chi connectivity index (χ0v) is 18.8. The van der Waals surface area contributed by atoms with Gasteiger partial charge in [-0.2, -0.15) is 0 Å². The zero-order chi connectivity index (χ0) is 22.7. The fourth-order valence-electron chi connectivity index (χ4n) is 4.21. The quantitative estimate of drug-likeness (QED) is 0.526. The molecule has 1 fully saturated rings. The number of aryl methyl sites for hydroxylation is 2. The molecular weight excluding hydrogens is 407 g/mol. The first-order valence-corrected chi connectivity index (χ1v) is 11.2. The van der Waals surface area contributed by atoms with Crippen LogP contribution in [0.4, 0.5) is 4.39 Å². The first kappa shape index (κ1) is 22.1. The van der Waals surface area contributed by atoms with Crippen molar-refractivity contribution in [3.05, 3.63) is 76.5 Å². The first-order valence-electron chi connectivity index (χ1n) is 11.2. The number of carbonyl (C=O) groups is 1. The molecule has 1 aliphatic rings. The predicted molar refractivity (Wildman–Crippen MR) is 119 cm³/mol. The van der Waals surface area contributed by atoms with Crippen LogP contribution in [-0.2, 0) is 17.6 Å². The van der Waals surface area contributed by atoms with E-state index in [2.05, 4.69) is 22.3 Å². The van der Waals surface area contributed by atoms with Crippen LogP contribution >= 0.6 is 0 Å². The lowest BCUT2D eigenvalue weighted by atomic mass is 10.0. The van der Waals surface area contributed by atoms with Crippen molar-refractivity contribution in [1.82, 2.24) is 20.1 Å². The van der Waals surface area contributed by atoms with Gasteiger partial charge in [-0.3, -0.25) is 9.78 Å². The van der Waals surface area contributed by atoms with E-state index in [1.165, 1.54) is 12.1 Å². The molecule has 1 aliphatic heterocycles. The molecule has 0 N–H and O–H groups in total. The summed E-state index contributed by atoms with van der Waals surface area (Å²) >= 11 is 0. The molecule has 3 heterocycles. The molecule has 4 rings (SSSR count). The number of halogens is 1. The minimum Gasteiger partial charge on any atom is -0.425 e. The van der Waals surface area contributed by atoms with Crippen molar-refractivity contribution >= 4 is 5.91 Å². The van der Waals surface area contributed by atoms with E-state index < -0.39 is 0 Å². The Hall–Kier alpha value is -3.09. The van der Waals surface area contributed by atoms with Crippen LogP contribution in [0.15, 0.2) is 40.8 Å². The number of hydrogen-bond donors (Lipinski definition) is 0. The number of rotatable bonds is 7. The summed E-state index contributed by atoms with van der Waals surface area (Å²) in [7, 11) is 0. The highest BCUT2D eigenvalue weighted by atomic mass is 19.1. The molecule has 1 unspecified atom stereocenters. The number of aromatic nitrogens is 3. The van der Waals surface area contributed by atoms with E-state index in [9.17, 15) is 9.18 Å². The van der Waals surface area contributed by atoms with Gasteiger partial charge in [-0.15, -0.1) is 10.2 Å². The fourth-order valence-corrected chi connectivity index (χ4v) is 4.21. The van der Waals surface area contributed by atoms with Gasteiger partial charge in [0, 0.05) is 31.0 Å². The Kier molecular flexibility index (Phi) is 6.63. The maximum Gasteiger partial charge on any atom is 0.223 e. The highest BCUT2D eigenvalue weighted by molar-refractivity contribution is 5.77. The topological polar surface area (TPSA) is 72.1 Å². The summed E-state index contributed by atoms with van der Waals surface area (Å²) in [6.07, 6.45) is 3.34. The van der Waals surface area contributed by atoms with E-state index >= 15 is 0 Å². The van der Waals surface area contributed by atoms with Gasteiger partial charge in [0.2, 0.25) is 17.7 Å². The van der Waals surface area contributed by atoms with Crippen LogP contribution in [0.3, 0.4) is 0 Å². The molecule has 7 heteroatoms. The number of pyridine rings is 1. The summed E-state index contributed by atoms with van der Waals surface area (Å²) in [6.45, 7) is 6.70. The van der Waals surface area contributed by atoms with Gasteiger partial charge in [0.05, 0.1) is 11.7 Å². The molecule has 1 atom stereocenters. The predicted octanol–water partition coefficient (Wildman–Crippen LogP) is 4.92. The number of benzene rings is 1. The zero-order valence-electron chi connectivity index (χ0n) is 18.8. The minimum absolute atomic E-state index is 0.0247. The Labute approximate surface area is 187 Å². The highest BCUT2D eigenvalue weighted by Crippen LogP contribution is 2.32. The van der Waals surface area contributed by atoms with Gasteiger partial charge in [-0.1, -0.05) is 26.0 Å². The van der Waals surface area contributed by atoms with Crippen LogP contribution in [-0.4, -0.2) is 32.5 Å². The van der Waals surface area contributed by atoms with E-state index in [1.807, 2.05) is 25.7 Å². The van der Waals surface area contributed by atoms with Crippen molar-refractivity contribution in [3.63, 3.8) is 0 Å². The van der Waals surface area contributed by atoms with Gasteiger partial charge in [0.15, 0.2) is 0 Å². The lowest BCUT2D eigenvalue weighted by Crippen LogP contribution is -2.31. The molecule has 168 valence electrons. The van der Waals surface area contributed by atoms with Crippen LogP contribution < -0.4 is 0 Å². The molecule has 2 aromatic heterocycles. The minimum atomic E-state index is -0.235. The van der Waals surface area contributed by atoms with E-state index in [0.29, 0.717) is 31.0 Å². The molecule has 0 radical (unpaired) electrons. The smallest absolute Gasteiger partial charge is 0.223 e. The van der Waals surface area contributed by atoms with Gasteiger partial charge in [0.1, 0.15) is 5.82 Å². The number of nitrogens with zero attached hydrogens (tertiary/aromatic N) is 4. The van der Waals surface area contributed by atoms with Crippen molar-refractivity contribution in [2.75, 3.05) is 6.54 Å². The van der Waals surface area contributed by atoms with Crippen molar-refractivity contribution < 1.29 is 13.6 Å². The average molecular weight is 437 g/mol. The first-order chi connectivity index (χ1) is 15.4. The van der Waals surface area contributed by atoms with Crippen molar-refractivity contribution in [3.8, 4) is 0 Å². The number of carbonyl (C=O) groups excluding carboxylic acids is 1. The van der Waals surface area contributed by atoms with Crippen molar-refractivity contribution in [2.24, 2.45) is 0 Å². The van der Waals surface area contributed by atoms with Gasteiger partial charge < -0.3 is 9.32 Å². The van der Waals surface area contributed by atoms with E-state index in [1.54, 1.807) is 12.1 Å². The Balaban J connectivity index is 1.45. The summed E-state index contributed by atoms with van der Waals surface area (Å²) in [6, 6.07) is 10.7. The van der Waals surface area contributed by atoms with E-state index in [4.69, 9.17) is 9.40 Å². The third-order valence-electron chi connectivity index (χ3n) is 5.80. The molecular formula is C25H29FN4O2. The lowest BCUT2D eigenvalue weighted by molar-refractivity contribution is -0.132. The van der Waals surface area contributed by atoms with Crippen molar-refractivity contribution in [2.45, 2.75) is 64.8 Å². The Morgan fingerprint density at radius 3 is 2.69 bits per heavy atom. The van der Waals surface area contributed by atoms with Crippen LogP contribution in [0.5, 0.6) is 0 Å². The molecule has 1 saturated heterocycles. The van der Waals surface area contributed by atoms with Crippen LogP contribution in [0.1, 0.15) is 79.4 Å². The molecule has 1 amide bonds. The van der Waals surface area contributed by atoms with Gasteiger partial charge in [0.25, 0.3) is 0 Å². The van der Waals surface area contributed by atoms with Gasteiger partial charge in [-0.05, 0) is 61.6 Å². The van der Waals surface area contributed by atoms with Crippen LogP contribution in [0, 0.1) is 12.7 Å². The maximum absolute atomic E-state index is 13.2. The second-order valence-corrected chi connectivity index (χ2v) is 8.78. The Morgan fingerprint density at radius 2 is 1.97 bits per heavy atom. The molecule has 32 heavy (non-hydrogen) atoms. The summed E-state index contributed by atoms with van der Waals surface area (Å²) in [5, 5.41) is 8.10. The summed E-state index contributed by atoms with van der Waals surface area (Å²) < 4.78 is 18.9. The molecule has 0 saturated carbocycles. The standard InChI is InChI=1S/C25H29FN4O2/c1-16(2)25-29-28-23(32-25)10-11-24(31)30-12-4-5-22(30)21-15-19(13-17(3)27-21)14-18-6-8-20(26)9-7-18/h6-9,13,15-16,22H,4-5,10-12,14H2,1-3H3. The molecule has 0 spiro atoms. The normalized spacial score (nSPS) is 16.2. The van der Waals surface area contributed by atoms with E-state index in [0.717, 1.165) is 41.9 Å². The fraction of sp³-hybridized carbons (Fsp3) is 0.440. The second kappa shape index (κ2) is 9.59. The molecule has 3 aromatic rings. The Bertz CT molecular complexity index is 1080. The maximum atomic E-state index is 13.2. The second-order valence-electron chi connectivity index (χ2n) is 8.78. The molecule has 6 nitrogen and oxygen atoms in total. The number of hydrogen-bond acceptors (Lipinski definition) is 5. The Morgan fingerprint density at radius 1 is 1.19 bits per heavy atom. The van der Waals surface area contributed by atoms with Gasteiger partial charge in [-0.25, -0.2) is 4.39 Å². The SMILES string of the molecule is Cc1cc(Cc2ccc(F)cc2)cc(C2CCCN2C(=O)CCc2nnc(C(C)C)o2)n1. The number of likely N-dealkylation sites (tertiary alicyclic amines) is 1. The summed E-state index contributed by atoms with van der Waals surface area (Å²) in [5.74, 6) is 1.13. The molecule has 0 aliphatic carbocycles. The van der Waals surface area contributed by atoms with Crippen molar-refractivity contribution in [1.29, 1.82) is 0 Å². The monoisotopic (exact) mass is 436 g/mol. The van der Waals surface area contributed by atoms with Crippen LogP contribution in [0.2, 0.25) is 0 Å². The summed E-state index contributed by atoms with van der Waals surface area (Å²) in [5.41, 5.74) is 4.01. The largest absolute Gasteiger partial charge is 0.425 e. The molecule has 0 bridgehead atoms. The highest BCUT2D eigenvalue weighted by Gasteiger charge is 2.31. The summed E-state index contributed by atoms with van der Waals surface area (Å²) in [4.78, 5) is 19.7. The van der Waals surface area contributed by atoms with Gasteiger partial charge >= 0.3 is 0 Å². The van der Waals surface area contributed by atoms with E-state index in [-0.39, 0.29) is 23.7 Å². The number of amides is 1. The molecule has 1 aromatic carbocycles. The third kappa shape index (κ3) is 5.21. The lowest BCUT2D eigenvalue weighted by Gasteiger charge is -2.25. The third-order valence-corrected chi connectivity index (χ3v) is 5.80. The average Bonchev–Trinajstić information content (AvgIpc) is 3.43.